The van der Waals surface area contributed by atoms with Crippen LogP contribution in [0.4, 0.5) is 4.39 Å². The van der Waals surface area contributed by atoms with E-state index in [9.17, 15) is 4.39 Å². The van der Waals surface area contributed by atoms with Crippen LogP contribution in [0.3, 0.4) is 0 Å². The molecule has 0 saturated heterocycles. The van der Waals surface area contributed by atoms with Crippen molar-refractivity contribution in [2.24, 2.45) is 0 Å². The number of nitrogens with zero attached hydrogens (tertiary/aromatic N) is 1. The van der Waals surface area contributed by atoms with Gasteiger partial charge in [-0.3, -0.25) is 0 Å². The van der Waals surface area contributed by atoms with Gasteiger partial charge in [0.2, 0.25) is 0 Å². The maximum Gasteiger partial charge on any atom is 0.123 e. The van der Waals surface area contributed by atoms with Crippen molar-refractivity contribution >= 4 is 0 Å². The van der Waals surface area contributed by atoms with Gasteiger partial charge in [0.25, 0.3) is 0 Å². The van der Waals surface area contributed by atoms with Crippen LogP contribution in [-0.4, -0.2) is 25.5 Å². The maximum atomic E-state index is 13.2. The molecule has 0 aliphatic heterocycles. The molecule has 3 heteroatoms. The highest BCUT2D eigenvalue weighted by Crippen LogP contribution is 2.21. The number of aryl methyl sites for hydroxylation is 1. The zero-order valence-corrected chi connectivity index (χ0v) is 12.7. The van der Waals surface area contributed by atoms with E-state index in [0.29, 0.717) is 6.61 Å². The van der Waals surface area contributed by atoms with Gasteiger partial charge in [0, 0.05) is 0 Å². The van der Waals surface area contributed by atoms with Crippen molar-refractivity contribution in [3.63, 3.8) is 0 Å². The van der Waals surface area contributed by atoms with Crippen LogP contribution in [0, 0.1) is 5.82 Å². The number of para-hydroxylation sites is 1. The molecule has 112 valence electrons. The SMILES string of the molecule is CN(C)CCCc1ccccc1OCc1cccc(F)c1. The predicted molar refractivity (Wildman–Crippen MR) is 84.0 cm³/mol. The van der Waals surface area contributed by atoms with Gasteiger partial charge in [-0.15, -0.1) is 0 Å². The van der Waals surface area contributed by atoms with Crippen molar-refractivity contribution in [1.29, 1.82) is 0 Å². The van der Waals surface area contributed by atoms with Crippen LogP contribution in [-0.2, 0) is 13.0 Å². The Morgan fingerprint density at radius 3 is 2.62 bits per heavy atom. The zero-order chi connectivity index (χ0) is 15.1. The Morgan fingerprint density at radius 1 is 1.05 bits per heavy atom. The van der Waals surface area contributed by atoms with Crippen molar-refractivity contribution < 1.29 is 9.13 Å². The first-order valence-corrected chi connectivity index (χ1v) is 7.25. The predicted octanol–water partition coefficient (Wildman–Crippen LogP) is 3.90. The first-order chi connectivity index (χ1) is 10.1. The van der Waals surface area contributed by atoms with Crippen LogP contribution in [0.2, 0.25) is 0 Å². The van der Waals surface area contributed by atoms with Crippen molar-refractivity contribution in [2.45, 2.75) is 19.4 Å². The molecule has 21 heavy (non-hydrogen) atoms. The van der Waals surface area contributed by atoms with Crippen LogP contribution >= 0.6 is 0 Å². The minimum atomic E-state index is -0.227. The van der Waals surface area contributed by atoms with E-state index in [1.165, 1.54) is 17.7 Å². The van der Waals surface area contributed by atoms with Crippen molar-refractivity contribution in [3.05, 3.63) is 65.5 Å². The van der Waals surface area contributed by atoms with Gasteiger partial charge >= 0.3 is 0 Å². The Bertz CT molecular complexity index is 569. The second kappa shape index (κ2) is 7.79. The number of benzene rings is 2. The lowest BCUT2D eigenvalue weighted by molar-refractivity contribution is 0.301. The minimum Gasteiger partial charge on any atom is -0.489 e. The summed E-state index contributed by atoms with van der Waals surface area (Å²) in [5.41, 5.74) is 2.05. The largest absolute Gasteiger partial charge is 0.489 e. The van der Waals surface area contributed by atoms with Gasteiger partial charge in [-0.2, -0.15) is 0 Å². The number of rotatable bonds is 7. The Labute approximate surface area is 126 Å². The maximum absolute atomic E-state index is 13.2. The Hall–Kier alpha value is -1.87. The molecule has 2 aromatic carbocycles. The summed E-state index contributed by atoms with van der Waals surface area (Å²) < 4.78 is 19.0. The normalized spacial score (nSPS) is 10.9. The van der Waals surface area contributed by atoms with Gasteiger partial charge in [-0.05, 0) is 62.8 Å². The Balaban J connectivity index is 1.96. The summed E-state index contributed by atoms with van der Waals surface area (Å²) in [6, 6.07) is 14.6. The molecule has 0 fully saturated rings. The van der Waals surface area contributed by atoms with Gasteiger partial charge in [-0.1, -0.05) is 30.3 Å². The fourth-order valence-electron chi connectivity index (χ4n) is 2.22. The first-order valence-electron chi connectivity index (χ1n) is 7.25. The summed E-state index contributed by atoms with van der Waals surface area (Å²) in [5.74, 6) is 0.663. The number of hydrogen-bond donors (Lipinski definition) is 0. The first kappa shape index (κ1) is 15.5. The molecule has 2 rings (SSSR count). The second-order valence-electron chi connectivity index (χ2n) is 5.43. The van der Waals surface area contributed by atoms with Gasteiger partial charge in [0.05, 0.1) is 0 Å². The van der Waals surface area contributed by atoms with E-state index in [1.807, 2.05) is 24.3 Å². The molecule has 0 unspecified atom stereocenters. The van der Waals surface area contributed by atoms with E-state index in [1.54, 1.807) is 6.07 Å². The third kappa shape index (κ3) is 5.20. The molecule has 0 aliphatic carbocycles. The highest BCUT2D eigenvalue weighted by atomic mass is 19.1. The molecule has 0 amide bonds. The molecule has 0 N–H and O–H groups in total. The lowest BCUT2D eigenvalue weighted by atomic mass is 10.1. The molecule has 0 atom stereocenters. The van der Waals surface area contributed by atoms with E-state index in [2.05, 4.69) is 25.1 Å². The molecule has 0 aromatic heterocycles. The van der Waals surface area contributed by atoms with E-state index in [-0.39, 0.29) is 5.82 Å². The van der Waals surface area contributed by atoms with Gasteiger partial charge < -0.3 is 9.64 Å². The second-order valence-corrected chi connectivity index (χ2v) is 5.43. The number of hydrogen-bond acceptors (Lipinski definition) is 2. The lowest BCUT2D eigenvalue weighted by Gasteiger charge is -2.13. The summed E-state index contributed by atoms with van der Waals surface area (Å²) >= 11 is 0. The fourth-order valence-corrected chi connectivity index (χ4v) is 2.22. The smallest absolute Gasteiger partial charge is 0.123 e. The van der Waals surface area contributed by atoms with Crippen LogP contribution in [0.15, 0.2) is 48.5 Å². The Morgan fingerprint density at radius 2 is 1.86 bits per heavy atom. The summed E-state index contributed by atoms with van der Waals surface area (Å²) in [7, 11) is 4.15. The molecule has 0 saturated carbocycles. The molecule has 0 aliphatic rings. The van der Waals surface area contributed by atoms with Crippen LogP contribution in [0.5, 0.6) is 5.75 Å². The van der Waals surface area contributed by atoms with Crippen LogP contribution in [0.25, 0.3) is 0 Å². The summed E-state index contributed by atoms with van der Waals surface area (Å²) in [5, 5.41) is 0. The molecule has 0 radical (unpaired) electrons. The standard InChI is InChI=1S/C18H22FNO/c1-20(2)12-6-9-16-8-3-4-11-18(16)21-14-15-7-5-10-17(19)13-15/h3-5,7-8,10-11,13H,6,9,12,14H2,1-2H3. The fraction of sp³-hybridized carbons (Fsp3) is 0.333. The van der Waals surface area contributed by atoms with Crippen LogP contribution in [0.1, 0.15) is 17.5 Å². The van der Waals surface area contributed by atoms with Gasteiger partial charge in [-0.25, -0.2) is 4.39 Å². The quantitative estimate of drug-likeness (QED) is 0.766. The Kier molecular flexibility index (Phi) is 5.76. The minimum absolute atomic E-state index is 0.227. The van der Waals surface area contributed by atoms with Gasteiger partial charge in [0.1, 0.15) is 18.2 Å². The number of halogens is 1. The summed E-state index contributed by atoms with van der Waals surface area (Å²) in [6.07, 6.45) is 2.07. The van der Waals surface area contributed by atoms with E-state index < -0.39 is 0 Å². The molecular formula is C18H22FNO. The van der Waals surface area contributed by atoms with E-state index in [4.69, 9.17) is 4.74 Å². The molecule has 0 spiro atoms. The molecule has 0 bridgehead atoms. The van der Waals surface area contributed by atoms with E-state index >= 15 is 0 Å². The highest BCUT2D eigenvalue weighted by Gasteiger charge is 2.04. The lowest BCUT2D eigenvalue weighted by Crippen LogP contribution is -2.13. The molecule has 2 aromatic rings. The molecule has 0 heterocycles. The molecule has 2 nitrogen and oxygen atoms in total. The van der Waals surface area contributed by atoms with Crippen molar-refractivity contribution in [1.82, 2.24) is 4.90 Å². The zero-order valence-electron chi connectivity index (χ0n) is 12.7. The number of ether oxygens (including phenoxy) is 1. The summed E-state index contributed by atoms with van der Waals surface area (Å²) in [6.45, 7) is 1.45. The topological polar surface area (TPSA) is 12.5 Å². The third-order valence-electron chi connectivity index (χ3n) is 3.31. The average molecular weight is 287 g/mol. The monoisotopic (exact) mass is 287 g/mol. The molecular weight excluding hydrogens is 265 g/mol. The van der Waals surface area contributed by atoms with Crippen LogP contribution < -0.4 is 4.74 Å². The summed E-state index contributed by atoms with van der Waals surface area (Å²) in [4.78, 5) is 2.18. The van der Waals surface area contributed by atoms with E-state index in [0.717, 1.165) is 30.7 Å². The van der Waals surface area contributed by atoms with Crippen molar-refractivity contribution in [3.8, 4) is 5.75 Å². The average Bonchev–Trinajstić information content (AvgIpc) is 2.46. The van der Waals surface area contributed by atoms with Gasteiger partial charge in [0.15, 0.2) is 0 Å². The highest BCUT2D eigenvalue weighted by molar-refractivity contribution is 5.33. The third-order valence-corrected chi connectivity index (χ3v) is 3.31. The van der Waals surface area contributed by atoms with Crippen molar-refractivity contribution in [2.75, 3.05) is 20.6 Å².